The zero-order valence-electron chi connectivity index (χ0n) is 9.34. The third kappa shape index (κ3) is 1.89. The molecule has 0 aromatic carbocycles. The predicted molar refractivity (Wildman–Crippen MR) is 61.7 cm³/mol. The molecule has 0 bridgehead atoms. The first-order chi connectivity index (χ1) is 7.53. The van der Waals surface area contributed by atoms with Crippen LogP contribution >= 0.6 is 12.6 Å². The third-order valence-corrected chi connectivity index (χ3v) is 3.33. The Balaban J connectivity index is 3.15. The SMILES string of the molecule is CCC1C(=O)OC(=O)C(/C=C/S)(CC)C1O. The van der Waals surface area contributed by atoms with E-state index >= 15 is 0 Å². The van der Waals surface area contributed by atoms with Gasteiger partial charge in [0.15, 0.2) is 0 Å². The first kappa shape index (κ1) is 13.3. The van der Waals surface area contributed by atoms with E-state index in [1.54, 1.807) is 13.8 Å². The molecule has 1 aliphatic heterocycles. The Morgan fingerprint density at radius 1 is 1.50 bits per heavy atom. The van der Waals surface area contributed by atoms with Gasteiger partial charge in [-0.25, -0.2) is 0 Å². The highest BCUT2D eigenvalue weighted by Gasteiger charge is 2.53. The number of hydrogen-bond donors (Lipinski definition) is 2. The van der Waals surface area contributed by atoms with Crippen LogP contribution in [0.1, 0.15) is 26.7 Å². The molecular formula is C11H16O4S. The van der Waals surface area contributed by atoms with Gasteiger partial charge in [0.05, 0.1) is 12.0 Å². The highest BCUT2D eigenvalue weighted by atomic mass is 32.1. The van der Waals surface area contributed by atoms with Crippen LogP contribution < -0.4 is 0 Å². The van der Waals surface area contributed by atoms with Crippen molar-refractivity contribution in [3.05, 3.63) is 11.5 Å². The van der Waals surface area contributed by atoms with Crippen LogP contribution in [-0.4, -0.2) is 23.1 Å². The summed E-state index contributed by atoms with van der Waals surface area (Å²) in [5, 5.41) is 11.5. The number of hydrogen-bond acceptors (Lipinski definition) is 5. The fourth-order valence-electron chi connectivity index (χ4n) is 2.03. The van der Waals surface area contributed by atoms with E-state index in [1.807, 2.05) is 0 Å². The van der Waals surface area contributed by atoms with Crippen molar-refractivity contribution in [3.63, 3.8) is 0 Å². The fraction of sp³-hybridized carbons (Fsp3) is 0.636. The zero-order chi connectivity index (χ0) is 12.3. The molecule has 3 unspecified atom stereocenters. The summed E-state index contributed by atoms with van der Waals surface area (Å²) < 4.78 is 4.70. The van der Waals surface area contributed by atoms with Crippen molar-refractivity contribution < 1.29 is 19.4 Å². The Morgan fingerprint density at radius 3 is 2.56 bits per heavy atom. The maximum Gasteiger partial charge on any atom is 0.326 e. The van der Waals surface area contributed by atoms with E-state index in [9.17, 15) is 14.7 Å². The molecule has 5 heteroatoms. The first-order valence-electron chi connectivity index (χ1n) is 5.29. The summed E-state index contributed by atoms with van der Waals surface area (Å²) in [6, 6.07) is 0. The van der Waals surface area contributed by atoms with Gasteiger partial charge in [0.1, 0.15) is 5.41 Å². The Kier molecular flexibility index (Phi) is 4.15. The van der Waals surface area contributed by atoms with Gasteiger partial charge in [-0.3, -0.25) is 9.59 Å². The summed E-state index contributed by atoms with van der Waals surface area (Å²) in [4.78, 5) is 23.1. The van der Waals surface area contributed by atoms with Crippen LogP contribution in [0.4, 0.5) is 0 Å². The number of rotatable bonds is 3. The lowest BCUT2D eigenvalue weighted by Gasteiger charge is -2.39. The molecule has 0 amide bonds. The van der Waals surface area contributed by atoms with Crippen LogP contribution in [0.3, 0.4) is 0 Å². The molecule has 3 atom stereocenters. The molecule has 1 aliphatic rings. The molecule has 0 aromatic heterocycles. The molecule has 1 N–H and O–H groups in total. The van der Waals surface area contributed by atoms with Gasteiger partial charge in [0.2, 0.25) is 0 Å². The summed E-state index contributed by atoms with van der Waals surface area (Å²) in [6.45, 7) is 3.54. The van der Waals surface area contributed by atoms with Gasteiger partial charge >= 0.3 is 11.9 Å². The number of carbonyl (C=O) groups excluding carboxylic acids is 2. The number of cyclic esters (lactones) is 2. The molecule has 90 valence electrons. The Labute approximate surface area is 100 Å². The molecule has 1 saturated heterocycles. The summed E-state index contributed by atoms with van der Waals surface area (Å²) in [6.07, 6.45) is 1.27. The van der Waals surface area contributed by atoms with Gasteiger partial charge in [-0.2, -0.15) is 12.6 Å². The van der Waals surface area contributed by atoms with E-state index in [2.05, 4.69) is 12.6 Å². The molecule has 1 heterocycles. The van der Waals surface area contributed by atoms with Crippen molar-refractivity contribution in [2.45, 2.75) is 32.8 Å². The fourth-order valence-corrected chi connectivity index (χ4v) is 2.30. The Morgan fingerprint density at radius 2 is 2.12 bits per heavy atom. The zero-order valence-corrected chi connectivity index (χ0v) is 10.2. The first-order valence-corrected chi connectivity index (χ1v) is 5.81. The maximum absolute atomic E-state index is 11.7. The second-order valence-corrected chi connectivity index (χ2v) is 4.18. The van der Waals surface area contributed by atoms with Crippen molar-refractivity contribution in [2.75, 3.05) is 0 Å². The second kappa shape index (κ2) is 5.01. The van der Waals surface area contributed by atoms with Gasteiger partial charge in [0.25, 0.3) is 0 Å². The summed E-state index contributed by atoms with van der Waals surface area (Å²) in [5.74, 6) is -1.98. The molecule has 0 saturated carbocycles. The van der Waals surface area contributed by atoms with Crippen LogP contribution in [0.5, 0.6) is 0 Å². The van der Waals surface area contributed by atoms with Crippen LogP contribution in [0.15, 0.2) is 11.5 Å². The quantitative estimate of drug-likeness (QED) is 0.446. The molecule has 16 heavy (non-hydrogen) atoms. The number of esters is 2. The van der Waals surface area contributed by atoms with Crippen LogP contribution in [0.25, 0.3) is 0 Å². The van der Waals surface area contributed by atoms with E-state index in [0.717, 1.165) is 0 Å². The minimum atomic E-state index is -1.14. The van der Waals surface area contributed by atoms with E-state index in [-0.39, 0.29) is 0 Å². The number of aliphatic hydroxyl groups is 1. The van der Waals surface area contributed by atoms with Crippen molar-refractivity contribution in [3.8, 4) is 0 Å². The molecule has 0 radical (unpaired) electrons. The number of thiol groups is 1. The minimum absolute atomic E-state index is 0.369. The second-order valence-electron chi connectivity index (χ2n) is 3.88. The highest BCUT2D eigenvalue weighted by Crippen LogP contribution is 2.39. The van der Waals surface area contributed by atoms with Gasteiger partial charge in [-0.1, -0.05) is 19.9 Å². The van der Waals surface area contributed by atoms with Crippen molar-refractivity contribution in [1.82, 2.24) is 0 Å². The highest BCUT2D eigenvalue weighted by molar-refractivity contribution is 7.83. The van der Waals surface area contributed by atoms with Gasteiger partial charge in [-0.15, -0.1) is 0 Å². The average molecular weight is 244 g/mol. The van der Waals surface area contributed by atoms with Gasteiger partial charge in [-0.05, 0) is 18.2 Å². The normalized spacial score (nSPS) is 35.5. The van der Waals surface area contributed by atoms with E-state index in [4.69, 9.17) is 4.74 Å². The molecule has 4 nitrogen and oxygen atoms in total. The lowest BCUT2D eigenvalue weighted by molar-refractivity contribution is -0.188. The molecular weight excluding hydrogens is 228 g/mol. The van der Waals surface area contributed by atoms with Gasteiger partial charge in [0, 0.05) is 0 Å². The van der Waals surface area contributed by atoms with Crippen LogP contribution in [0, 0.1) is 11.3 Å². The van der Waals surface area contributed by atoms with Crippen molar-refractivity contribution >= 4 is 24.6 Å². The number of ether oxygens (including phenoxy) is 1. The summed E-state index contributed by atoms with van der Waals surface area (Å²) in [7, 11) is 0. The van der Waals surface area contributed by atoms with Crippen LogP contribution in [-0.2, 0) is 14.3 Å². The lowest BCUT2D eigenvalue weighted by atomic mass is 9.72. The number of aliphatic hydroxyl groups excluding tert-OH is 1. The third-order valence-electron chi connectivity index (χ3n) is 3.18. The maximum atomic E-state index is 11.7. The standard InChI is InChI=1S/C11H16O4S/c1-3-7-8(12)11(4-2,5-6-16)10(14)15-9(7)13/h5-8,12,16H,3-4H2,1-2H3/b6-5+. The Hall–Kier alpha value is -0.810. The monoisotopic (exact) mass is 244 g/mol. The summed E-state index contributed by atoms with van der Waals surface area (Å²) >= 11 is 3.92. The topological polar surface area (TPSA) is 63.6 Å². The summed E-state index contributed by atoms with van der Waals surface area (Å²) in [5.41, 5.74) is -1.14. The number of carbonyl (C=O) groups is 2. The molecule has 1 fully saturated rings. The molecule has 0 aromatic rings. The van der Waals surface area contributed by atoms with Crippen molar-refractivity contribution in [2.24, 2.45) is 11.3 Å². The smallest absolute Gasteiger partial charge is 0.326 e. The average Bonchev–Trinajstić information content (AvgIpc) is 2.25. The molecule has 0 spiro atoms. The van der Waals surface area contributed by atoms with E-state index in [1.165, 1.54) is 11.5 Å². The Bertz CT molecular complexity index is 326. The van der Waals surface area contributed by atoms with Crippen molar-refractivity contribution in [1.29, 1.82) is 0 Å². The predicted octanol–water partition coefficient (Wildman–Crippen LogP) is 1.30. The van der Waals surface area contributed by atoms with E-state index < -0.39 is 29.4 Å². The van der Waals surface area contributed by atoms with Crippen LogP contribution in [0.2, 0.25) is 0 Å². The lowest BCUT2D eigenvalue weighted by Crippen LogP contribution is -2.53. The minimum Gasteiger partial charge on any atom is -0.392 e. The largest absolute Gasteiger partial charge is 0.392 e. The van der Waals surface area contributed by atoms with E-state index in [0.29, 0.717) is 12.8 Å². The molecule has 0 aliphatic carbocycles. The van der Waals surface area contributed by atoms with Gasteiger partial charge < -0.3 is 9.84 Å². The molecule has 1 rings (SSSR count).